The number of carbonyl (C=O) groups excluding carboxylic acids is 1. The number of carboxylic acids is 1. The van der Waals surface area contributed by atoms with Gasteiger partial charge in [0.2, 0.25) is 0 Å². The fourth-order valence-electron chi connectivity index (χ4n) is 2.46. The molecule has 2 N–H and O–H groups in total. The number of piperidine rings is 1. The third-order valence-electron chi connectivity index (χ3n) is 3.79. The molecule has 0 bridgehead atoms. The molecule has 1 fully saturated rings. The third-order valence-corrected chi connectivity index (χ3v) is 4.09. The number of phenols is 1. The van der Waals surface area contributed by atoms with Crippen LogP contribution < -0.4 is 0 Å². The summed E-state index contributed by atoms with van der Waals surface area (Å²) >= 11 is 5.79. The van der Waals surface area contributed by atoms with Gasteiger partial charge in [-0.25, -0.2) is 4.79 Å². The molecule has 1 heterocycles. The van der Waals surface area contributed by atoms with Gasteiger partial charge in [-0.1, -0.05) is 11.6 Å². The summed E-state index contributed by atoms with van der Waals surface area (Å²) in [6.45, 7) is 1.97. The van der Waals surface area contributed by atoms with Gasteiger partial charge in [-0.3, -0.25) is 4.79 Å². The van der Waals surface area contributed by atoms with E-state index in [4.69, 9.17) is 11.6 Å². The third kappa shape index (κ3) is 2.45. The number of carbonyl (C=O) groups is 2. The number of benzene rings is 1. The van der Waals surface area contributed by atoms with Crippen LogP contribution in [-0.4, -0.2) is 39.1 Å². The molecule has 0 saturated carbocycles. The quantitative estimate of drug-likeness (QED) is 0.879. The van der Waals surface area contributed by atoms with Crippen LogP contribution in [0.2, 0.25) is 5.02 Å². The van der Waals surface area contributed by atoms with Crippen LogP contribution in [0.25, 0.3) is 0 Å². The second-order valence-electron chi connectivity index (χ2n) is 5.16. The molecular weight excluding hydrogens is 282 g/mol. The highest BCUT2D eigenvalue weighted by atomic mass is 35.5. The normalized spacial score (nSPS) is 22.6. The fourth-order valence-corrected chi connectivity index (χ4v) is 2.65. The van der Waals surface area contributed by atoms with Crippen molar-refractivity contribution in [2.75, 3.05) is 6.54 Å². The number of aliphatic carboxylic acids is 1. The van der Waals surface area contributed by atoms with Gasteiger partial charge in [0.1, 0.15) is 11.3 Å². The first kappa shape index (κ1) is 14.7. The number of hydrogen-bond donors (Lipinski definition) is 2. The number of carboxylic acid groups (broad SMARTS) is 1. The number of hydrogen-bond acceptors (Lipinski definition) is 3. The van der Waals surface area contributed by atoms with Crippen molar-refractivity contribution >= 4 is 23.5 Å². The maximum atomic E-state index is 12.5. The van der Waals surface area contributed by atoms with Gasteiger partial charge in [0.25, 0.3) is 5.91 Å². The molecule has 6 heteroatoms. The van der Waals surface area contributed by atoms with Crippen LogP contribution >= 0.6 is 11.6 Å². The van der Waals surface area contributed by atoms with Gasteiger partial charge < -0.3 is 15.1 Å². The van der Waals surface area contributed by atoms with E-state index in [2.05, 4.69) is 0 Å². The summed E-state index contributed by atoms with van der Waals surface area (Å²) in [6, 6.07) is 4.13. The molecule has 2 rings (SSSR count). The van der Waals surface area contributed by atoms with Gasteiger partial charge >= 0.3 is 5.97 Å². The van der Waals surface area contributed by atoms with Crippen molar-refractivity contribution < 1.29 is 19.8 Å². The van der Waals surface area contributed by atoms with Gasteiger partial charge in [-0.05, 0) is 44.4 Å². The predicted octanol–water partition coefficient (Wildman–Crippen LogP) is 2.52. The Kier molecular flexibility index (Phi) is 3.90. The minimum atomic E-state index is -1.19. The van der Waals surface area contributed by atoms with Crippen molar-refractivity contribution in [2.45, 2.75) is 31.7 Å². The summed E-state index contributed by atoms with van der Waals surface area (Å²) in [5, 5.41) is 18.9. The summed E-state index contributed by atoms with van der Waals surface area (Å²) in [5.74, 6) is -1.49. The van der Waals surface area contributed by atoms with E-state index in [9.17, 15) is 19.8 Å². The average Bonchev–Trinajstić information content (AvgIpc) is 2.41. The van der Waals surface area contributed by atoms with Gasteiger partial charge in [0.15, 0.2) is 0 Å². The Hall–Kier alpha value is -1.75. The number of rotatable bonds is 2. The number of phenolic OH excluding ortho intramolecular Hbond substituents is 1. The van der Waals surface area contributed by atoms with E-state index in [-0.39, 0.29) is 22.2 Å². The van der Waals surface area contributed by atoms with Crippen LogP contribution in [-0.2, 0) is 4.79 Å². The van der Waals surface area contributed by atoms with Gasteiger partial charge in [0, 0.05) is 12.1 Å². The standard InChI is InChI=1S/C14H16ClNO4/c1-14(13(19)20)6-2-3-7-16(14)12(18)9-4-5-11(17)10(15)8-9/h4-5,8,17H,2-3,6-7H2,1H3,(H,19,20). The number of aromatic hydroxyl groups is 1. The number of nitrogens with zero attached hydrogens (tertiary/aromatic N) is 1. The lowest BCUT2D eigenvalue weighted by Crippen LogP contribution is -2.57. The summed E-state index contributed by atoms with van der Waals surface area (Å²) < 4.78 is 0. The SMILES string of the molecule is CC1(C(=O)O)CCCCN1C(=O)c1ccc(O)c(Cl)c1. The second kappa shape index (κ2) is 5.32. The second-order valence-corrected chi connectivity index (χ2v) is 5.57. The van der Waals surface area contributed by atoms with Gasteiger partial charge in [-0.15, -0.1) is 0 Å². The monoisotopic (exact) mass is 297 g/mol. The summed E-state index contributed by atoms with van der Waals surface area (Å²) in [5.41, 5.74) is -0.915. The maximum absolute atomic E-state index is 12.5. The topological polar surface area (TPSA) is 77.8 Å². The predicted molar refractivity (Wildman–Crippen MR) is 74.0 cm³/mol. The Balaban J connectivity index is 2.35. The lowest BCUT2D eigenvalue weighted by molar-refractivity contribution is -0.150. The number of halogens is 1. The molecule has 1 amide bonds. The highest BCUT2D eigenvalue weighted by molar-refractivity contribution is 6.32. The fraction of sp³-hybridized carbons (Fsp3) is 0.429. The molecule has 1 aliphatic rings. The van der Waals surface area contributed by atoms with E-state index in [0.29, 0.717) is 13.0 Å². The smallest absolute Gasteiger partial charge is 0.329 e. The van der Waals surface area contributed by atoms with E-state index in [1.807, 2.05) is 0 Å². The van der Waals surface area contributed by atoms with E-state index in [1.54, 1.807) is 6.92 Å². The van der Waals surface area contributed by atoms with Crippen molar-refractivity contribution in [3.63, 3.8) is 0 Å². The van der Waals surface area contributed by atoms with Crippen molar-refractivity contribution in [2.24, 2.45) is 0 Å². The zero-order chi connectivity index (χ0) is 14.9. The van der Waals surface area contributed by atoms with Crippen molar-refractivity contribution in [3.8, 4) is 5.75 Å². The molecule has 108 valence electrons. The first-order chi connectivity index (χ1) is 9.36. The Morgan fingerprint density at radius 2 is 2.05 bits per heavy atom. The molecule has 1 saturated heterocycles. The first-order valence-electron chi connectivity index (χ1n) is 6.40. The number of likely N-dealkylation sites (tertiary alicyclic amines) is 1. The summed E-state index contributed by atoms with van der Waals surface area (Å²) in [6.07, 6.45) is 1.99. The Morgan fingerprint density at radius 1 is 1.35 bits per heavy atom. The van der Waals surface area contributed by atoms with Crippen LogP contribution in [0.5, 0.6) is 5.75 Å². The molecule has 1 unspecified atom stereocenters. The zero-order valence-corrected chi connectivity index (χ0v) is 11.9. The van der Waals surface area contributed by atoms with E-state index in [1.165, 1.54) is 23.1 Å². The lowest BCUT2D eigenvalue weighted by atomic mass is 9.88. The van der Waals surface area contributed by atoms with Crippen LogP contribution in [0.1, 0.15) is 36.5 Å². The van der Waals surface area contributed by atoms with Crippen LogP contribution in [0.4, 0.5) is 0 Å². The summed E-state index contributed by atoms with van der Waals surface area (Å²) in [4.78, 5) is 25.4. The summed E-state index contributed by atoms with van der Waals surface area (Å²) in [7, 11) is 0. The minimum absolute atomic E-state index is 0.0740. The minimum Gasteiger partial charge on any atom is -0.506 e. The Labute approximate surface area is 121 Å². The van der Waals surface area contributed by atoms with Crippen LogP contribution in [0, 0.1) is 0 Å². The first-order valence-corrected chi connectivity index (χ1v) is 6.78. The lowest BCUT2D eigenvalue weighted by Gasteiger charge is -2.41. The van der Waals surface area contributed by atoms with Gasteiger partial charge in [0.05, 0.1) is 5.02 Å². The Bertz CT molecular complexity index is 560. The maximum Gasteiger partial charge on any atom is 0.329 e. The molecule has 0 aromatic heterocycles. The van der Waals surface area contributed by atoms with Crippen molar-refractivity contribution in [3.05, 3.63) is 28.8 Å². The van der Waals surface area contributed by atoms with Crippen molar-refractivity contribution in [1.29, 1.82) is 0 Å². The highest BCUT2D eigenvalue weighted by Gasteiger charge is 2.44. The molecule has 0 radical (unpaired) electrons. The molecule has 5 nitrogen and oxygen atoms in total. The molecule has 1 aliphatic heterocycles. The van der Waals surface area contributed by atoms with Crippen molar-refractivity contribution in [1.82, 2.24) is 4.90 Å². The molecule has 0 spiro atoms. The van der Waals surface area contributed by atoms with Crippen LogP contribution in [0.3, 0.4) is 0 Å². The van der Waals surface area contributed by atoms with E-state index < -0.39 is 11.5 Å². The van der Waals surface area contributed by atoms with E-state index in [0.717, 1.165) is 12.8 Å². The highest BCUT2D eigenvalue weighted by Crippen LogP contribution is 2.31. The molecule has 1 aromatic carbocycles. The number of amides is 1. The van der Waals surface area contributed by atoms with Gasteiger partial charge in [-0.2, -0.15) is 0 Å². The molecule has 1 atom stereocenters. The molecule has 1 aromatic rings. The largest absolute Gasteiger partial charge is 0.506 e. The molecule has 0 aliphatic carbocycles. The van der Waals surface area contributed by atoms with E-state index >= 15 is 0 Å². The molecule has 20 heavy (non-hydrogen) atoms. The molecular formula is C14H16ClNO4. The average molecular weight is 298 g/mol. The Morgan fingerprint density at radius 3 is 2.65 bits per heavy atom. The zero-order valence-electron chi connectivity index (χ0n) is 11.1. The van der Waals surface area contributed by atoms with Crippen LogP contribution in [0.15, 0.2) is 18.2 Å².